The number of hydrogen-bond acceptors (Lipinski definition) is 3. The molecule has 0 radical (unpaired) electrons. The zero-order valence-corrected chi connectivity index (χ0v) is 9.57. The van der Waals surface area contributed by atoms with Crippen LogP contribution in [-0.2, 0) is 4.74 Å². The molecule has 2 rings (SSSR count). The van der Waals surface area contributed by atoms with Crippen molar-refractivity contribution in [2.45, 2.75) is 38.5 Å². The molecule has 0 aromatic carbocycles. The molecule has 0 aliphatic carbocycles. The second-order valence-electron chi connectivity index (χ2n) is 4.84. The van der Waals surface area contributed by atoms with Crippen molar-refractivity contribution in [3.8, 4) is 0 Å². The van der Waals surface area contributed by atoms with Crippen LogP contribution in [0.25, 0.3) is 0 Å². The van der Waals surface area contributed by atoms with Gasteiger partial charge in [0, 0.05) is 45.4 Å². The van der Waals surface area contributed by atoms with Crippen molar-refractivity contribution in [2.24, 2.45) is 0 Å². The molecule has 2 heterocycles. The molecule has 1 unspecified atom stereocenters. The molecular formula is C11H22N2O. The maximum Gasteiger partial charge on any atom is 0.0825 e. The van der Waals surface area contributed by atoms with E-state index in [1.165, 1.54) is 19.5 Å². The molecule has 0 saturated carbocycles. The second-order valence-corrected chi connectivity index (χ2v) is 4.84. The summed E-state index contributed by atoms with van der Waals surface area (Å²) in [5.41, 5.74) is 0. The molecule has 1 atom stereocenters. The van der Waals surface area contributed by atoms with Gasteiger partial charge in [-0.2, -0.15) is 0 Å². The lowest BCUT2D eigenvalue weighted by Crippen LogP contribution is -2.56. The van der Waals surface area contributed by atoms with Crippen LogP contribution in [0, 0.1) is 0 Å². The van der Waals surface area contributed by atoms with E-state index in [4.69, 9.17) is 4.74 Å². The Morgan fingerprint density at radius 1 is 1.21 bits per heavy atom. The highest BCUT2D eigenvalue weighted by atomic mass is 16.5. The Labute approximate surface area is 87.0 Å². The topological polar surface area (TPSA) is 15.7 Å². The molecule has 82 valence electrons. The third-order valence-electron chi connectivity index (χ3n) is 3.65. The van der Waals surface area contributed by atoms with E-state index in [0.29, 0.717) is 12.1 Å². The van der Waals surface area contributed by atoms with Crippen molar-refractivity contribution >= 4 is 0 Å². The summed E-state index contributed by atoms with van der Waals surface area (Å²) in [6.45, 7) is 9.40. The van der Waals surface area contributed by atoms with Gasteiger partial charge in [-0.15, -0.1) is 0 Å². The molecule has 2 saturated heterocycles. The number of nitrogens with zero attached hydrogens (tertiary/aromatic N) is 2. The summed E-state index contributed by atoms with van der Waals surface area (Å²) in [5.74, 6) is 0. The number of rotatable bonds is 3. The summed E-state index contributed by atoms with van der Waals surface area (Å²) in [6, 6.07) is 1.50. The quantitative estimate of drug-likeness (QED) is 0.667. The van der Waals surface area contributed by atoms with Crippen molar-refractivity contribution in [1.29, 1.82) is 0 Å². The van der Waals surface area contributed by atoms with Crippen molar-refractivity contribution in [2.75, 3.05) is 33.3 Å². The molecule has 3 nitrogen and oxygen atoms in total. The standard InChI is InChI=1S/C11H22N2O/c1-9(2)12-5-4-10(6-12)13-7-11(8-13)14-3/h9-11H,4-8H2,1-3H3. The van der Waals surface area contributed by atoms with Gasteiger partial charge < -0.3 is 4.74 Å². The molecule has 0 amide bonds. The zero-order valence-electron chi connectivity index (χ0n) is 9.57. The van der Waals surface area contributed by atoms with Gasteiger partial charge in [0.1, 0.15) is 0 Å². The molecule has 0 aromatic heterocycles. The van der Waals surface area contributed by atoms with E-state index in [-0.39, 0.29) is 0 Å². The minimum atomic E-state index is 0.503. The van der Waals surface area contributed by atoms with Crippen molar-refractivity contribution in [3.63, 3.8) is 0 Å². The first kappa shape index (κ1) is 10.4. The van der Waals surface area contributed by atoms with Gasteiger partial charge in [-0.05, 0) is 20.3 Å². The second kappa shape index (κ2) is 4.17. The lowest BCUT2D eigenvalue weighted by atomic mass is 10.1. The lowest BCUT2D eigenvalue weighted by molar-refractivity contribution is -0.0487. The third kappa shape index (κ3) is 1.95. The first-order valence-corrected chi connectivity index (χ1v) is 5.71. The van der Waals surface area contributed by atoms with E-state index < -0.39 is 0 Å². The Balaban J connectivity index is 1.74. The highest BCUT2D eigenvalue weighted by Crippen LogP contribution is 2.23. The van der Waals surface area contributed by atoms with E-state index in [1.54, 1.807) is 0 Å². The van der Waals surface area contributed by atoms with E-state index in [0.717, 1.165) is 19.1 Å². The van der Waals surface area contributed by atoms with Crippen LogP contribution in [0.4, 0.5) is 0 Å². The van der Waals surface area contributed by atoms with E-state index in [1.807, 2.05) is 7.11 Å². The highest BCUT2D eigenvalue weighted by Gasteiger charge is 2.36. The highest BCUT2D eigenvalue weighted by molar-refractivity contribution is 4.92. The summed E-state index contributed by atoms with van der Waals surface area (Å²) in [4.78, 5) is 5.14. The summed E-state index contributed by atoms with van der Waals surface area (Å²) in [6.07, 6.45) is 1.84. The van der Waals surface area contributed by atoms with Gasteiger partial charge in [-0.25, -0.2) is 0 Å². The molecular weight excluding hydrogens is 176 g/mol. The van der Waals surface area contributed by atoms with Gasteiger partial charge >= 0.3 is 0 Å². The summed E-state index contributed by atoms with van der Waals surface area (Å²) in [5, 5.41) is 0. The number of hydrogen-bond donors (Lipinski definition) is 0. The number of likely N-dealkylation sites (tertiary alicyclic amines) is 2. The summed E-state index contributed by atoms with van der Waals surface area (Å²) >= 11 is 0. The van der Waals surface area contributed by atoms with Gasteiger partial charge in [0.15, 0.2) is 0 Å². The normalized spacial score (nSPS) is 31.3. The van der Waals surface area contributed by atoms with Crippen LogP contribution in [0.3, 0.4) is 0 Å². The smallest absolute Gasteiger partial charge is 0.0825 e. The zero-order chi connectivity index (χ0) is 10.1. The maximum atomic E-state index is 5.29. The molecule has 3 heteroatoms. The molecule has 2 aliphatic rings. The van der Waals surface area contributed by atoms with Crippen LogP contribution in [0.1, 0.15) is 20.3 Å². The molecule has 0 bridgehead atoms. The number of ether oxygens (including phenoxy) is 1. The largest absolute Gasteiger partial charge is 0.379 e. The Morgan fingerprint density at radius 3 is 2.43 bits per heavy atom. The van der Waals surface area contributed by atoms with Crippen LogP contribution >= 0.6 is 0 Å². The molecule has 0 aromatic rings. The van der Waals surface area contributed by atoms with Crippen molar-refractivity contribution in [3.05, 3.63) is 0 Å². The maximum absolute atomic E-state index is 5.29. The predicted molar refractivity (Wildman–Crippen MR) is 57.5 cm³/mol. The molecule has 2 fully saturated rings. The fourth-order valence-corrected chi connectivity index (χ4v) is 2.45. The van der Waals surface area contributed by atoms with Gasteiger partial charge in [-0.1, -0.05) is 0 Å². The Morgan fingerprint density at radius 2 is 1.93 bits per heavy atom. The van der Waals surface area contributed by atoms with Crippen LogP contribution in [0.5, 0.6) is 0 Å². The van der Waals surface area contributed by atoms with Gasteiger partial charge in [-0.3, -0.25) is 9.80 Å². The summed E-state index contributed by atoms with van der Waals surface area (Å²) < 4.78 is 5.29. The Kier molecular flexibility index (Phi) is 3.10. The van der Waals surface area contributed by atoms with Crippen LogP contribution in [0.2, 0.25) is 0 Å². The lowest BCUT2D eigenvalue weighted by Gasteiger charge is -2.42. The van der Waals surface area contributed by atoms with Crippen LogP contribution in [-0.4, -0.2) is 61.3 Å². The average molecular weight is 198 g/mol. The van der Waals surface area contributed by atoms with Crippen LogP contribution in [0.15, 0.2) is 0 Å². The predicted octanol–water partition coefficient (Wildman–Crippen LogP) is 0.800. The Hall–Kier alpha value is -0.120. The average Bonchev–Trinajstić information content (AvgIpc) is 2.51. The minimum Gasteiger partial charge on any atom is -0.379 e. The molecule has 2 aliphatic heterocycles. The molecule has 0 N–H and O–H groups in total. The third-order valence-corrected chi connectivity index (χ3v) is 3.65. The molecule has 0 spiro atoms. The van der Waals surface area contributed by atoms with Crippen molar-refractivity contribution in [1.82, 2.24) is 9.80 Å². The minimum absolute atomic E-state index is 0.503. The van der Waals surface area contributed by atoms with E-state index in [2.05, 4.69) is 23.6 Å². The van der Waals surface area contributed by atoms with E-state index >= 15 is 0 Å². The van der Waals surface area contributed by atoms with Gasteiger partial charge in [0.25, 0.3) is 0 Å². The Bertz CT molecular complexity index is 190. The first-order chi connectivity index (χ1) is 6.70. The first-order valence-electron chi connectivity index (χ1n) is 5.71. The summed E-state index contributed by atoms with van der Waals surface area (Å²) in [7, 11) is 1.82. The SMILES string of the molecule is COC1CN(C2CCN(C(C)C)C2)C1. The fraction of sp³-hybridized carbons (Fsp3) is 1.00. The van der Waals surface area contributed by atoms with Crippen LogP contribution < -0.4 is 0 Å². The number of methoxy groups -OCH3 is 1. The fourth-order valence-electron chi connectivity index (χ4n) is 2.45. The monoisotopic (exact) mass is 198 g/mol. The van der Waals surface area contributed by atoms with Gasteiger partial charge in [0.05, 0.1) is 6.10 Å². The molecule has 14 heavy (non-hydrogen) atoms. The van der Waals surface area contributed by atoms with Crippen molar-refractivity contribution < 1.29 is 4.74 Å². The van der Waals surface area contributed by atoms with E-state index in [9.17, 15) is 0 Å². The van der Waals surface area contributed by atoms with Gasteiger partial charge in [0.2, 0.25) is 0 Å².